The Hall–Kier alpha value is -0.900. The van der Waals surface area contributed by atoms with Crippen LogP contribution in [0.2, 0.25) is 0 Å². The number of benzene rings is 1. The Balaban J connectivity index is 1.86. The highest BCUT2D eigenvalue weighted by molar-refractivity contribution is 5.26. The summed E-state index contributed by atoms with van der Waals surface area (Å²) in [7, 11) is 0. The van der Waals surface area contributed by atoms with E-state index in [1.807, 2.05) is 0 Å². The molecule has 1 fully saturated rings. The molecule has 1 aromatic carbocycles. The van der Waals surface area contributed by atoms with Gasteiger partial charge in [0.25, 0.3) is 0 Å². The summed E-state index contributed by atoms with van der Waals surface area (Å²) in [5.74, 6) is 0.583. The molecule has 1 heterocycles. The highest BCUT2D eigenvalue weighted by Gasteiger charge is 2.20. The first-order valence-corrected chi connectivity index (χ1v) is 8.29. The van der Waals surface area contributed by atoms with Crippen molar-refractivity contribution in [2.75, 3.05) is 32.7 Å². The van der Waals surface area contributed by atoms with Gasteiger partial charge in [-0.3, -0.25) is 9.80 Å². The van der Waals surface area contributed by atoms with Crippen molar-refractivity contribution in [1.82, 2.24) is 9.80 Å². The Kier molecular flexibility index (Phi) is 5.80. The van der Waals surface area contributed by atoms with E-state index in [2.05, 4.69) is 61.8 Å². The van der Waals surface area contributed by atoms with Gasteiger partial charge in [-0.2, -0.15) is 0 Å². The second kappa shape index (κ2) is 7.39. The molecule has 1 aliphatic rings. The Morgan fingerprint density at radius 1 is 0.905 bits per heavy atom. The number of hydrogen-bond donors (Lipinski definition) is 1. The zero-order valence-electron chi connectivity index (χ0n) is 14.0. The minimum atomic E-state index is 0.122. The molecule has 2 rings (SSSR count). The maximum atomic E-state index is 6.39. The molecule has 0 aromatic heterocycles. The van der Waals surface area contributed by atoms with E-state index in [0.717, 1.165) is 32.7 Å². The first-order chi connectivity index (χ1) is 9.97. The Bertz CT molecular complexity index is 417. The highest BCUT2D eigenvalue weighted by atomic mass is 15.3. The second-order valence-electron chi connectivity index (χ2n) is 6.86. The topological polar surface area (TPSA) is 32.5 Å². The fraction of sp³-hybridized carbons (Fsp3) is 0.667. The molecule has 3 nitrogen and oxygen atoms in total. The molecule has 21 heavy (non-hydrogen) atoms. The van der Waals surface area contributed by atoms with Crippen molar-refractivity contribution < 1.29 is 0 Å². The average Bonchev–Trinajstić information content (AvgIpc) is 2.47. The number of rotatable bonds is 5. The molecule has 0 amide bonds. The molecule has 0 radical (unpaired) electrons. The number of nitrogens with zero attached hydrogens (tertiary/aromatic N) is 2. The van der Waals surface area contributed by atoms with Gasteiger partial charge in [0.1, 0.15) is 0 Å². The lowest BCUT2D eigenvalue weighted by Crippen LogP contribution is -2.50. The summed E-state index contributed by atoms with van der Waals surface area (Å²) in [4.78, 5) is 5.04. The summed E-state index contributed by atoms with van der Waals surface area (Å²) in [5, 5.41) is 0. The second-order valence-corrected chi connectivity index (χ2v) is 6.86. The fourth-order valence-corrected chi connectivity index (χ4v) is 2.97. The van der Waals surface area contributed by atoms with E-state index in [0.29, 0.717) is 12.0 Å². The normalized spacial score (nSPS) is 19.4. The SMILES string of the molecule is CC(C)c1ccc(C(N)CN2CCN(C(C)C)CC2)cc1. The zero-order chi connectivity index (χ0) is 15.4. The van der Waals surface area contributed by atoms with Crippen LogP contribution in [0.5, 0.6) is 0 Å². The molecular formula is C18H31N3. The van der Waals surface area contributed by atoms with Gasteiger partial charge in [-0.05, 0) is 30.9 Å². The first kappa shape index (κ1) is 16.5. The smallest absolute Gasteiger partial charge is 0.0424 e. The largest absolute Gasteiger partial charge is 0.323 e. The molecule has 1 atom stereocenters. The summed E-state index contributed by atoms with van der Waals surface area (Å²) >= 11 is 0. The van der Waals surface area contributed by atoms with E-state index < -0.39 is 0 Å². The molecule has 1 aliphatic heterocycles. The van der Waals surface area contributed by atoms with Gasteiger partial charge < -0.3 is 5.73 Å². The standard InChI is InChI=1S/C18H31N3/c1-14(2)16-5-7-17(8-6-16)18(19)13-20-9-11-21(12-10-20)15(3)4/h5-8,14-15,18H,9-13,19H2,1-4H3. The highest BCUT2D eigenvalue weighted by Crippen LogP contribution is 2.19. The van der Waals surface area contributed by atoms with Gasteiger partial charge in [-0.25, -0.2) is 0 Å². The van der Waals surface area contributed by atoms with Crippen LogP contribution >= 0.6 is 0 Å². The van der Waals surface area contributed by atoms with Crippen LogP contribution in [0.4, 0.5) is 0 Å². The predicted octanol–water partition coefficient (Wildman–Crippen LogP) is 2.84. The third-order valence-electron chi connectivity index (χ3n) is 4.62. The van der Waals surface area contributed by atoms with Crippen LogP contribution in [-0.4, -0.2) is 48.6 Å². The number of hydrogen-bond acceptors (Lipinski definition) is 3. The molecule has 1 aromatic rings. The molecule has 0 spiro atoms. The van der Waals surface area contributed by atoms with E-state index in [9.17, 15) is 0 Å². The summed E-state index contributed by atoms with van der Waals surface area (Å²) in [6.07, 6.45) is 0. The quantitative estimate of drug-likeness (QED) is 0.904. The van der Waals surface area contributed by atoms with E-state index in [1.54, 1.807) is 0 Å². The minimum Gasteiger partial charge on any atom is -0.323 e. The Labute approximate surface area is 130 Å². The van der Waals surface area contributed by atoms with Crippen LogP contribution in [0.1, 0.15) is 50.8 Å². The van der Waals surface area contributed by atoms with E-state index in [-0.39, 0.29) is 6.04 Å². The lowest BCUT2D eigenvalue weighted by Gasteiger charge is -2.37. The third kappa shape index (κ3) is 4.53. The lowest BCUT2D eigenvalue weighted by atomic mass is 9.99. The molecule has 1 saturated heterocycles. The van der Waals surface area contributed by atoms with Gasteiger partial charge >= 0.3 is 0 Å². The lowest BCUT2D eigenvalue weighted by molar-refractivity contribution is 0.104. The average molecular weight is 289 g/mol. The minimum absolute atomic E-state index is 0.122. The third-order valence-corrected chi connectivity index (χ3v) is 4.62. The first-order valence-electron chi connectivity index (χ1n) is 8.29. The van der Waals surface area contributed by atoms with Gasteiger partial charge in [0.15, 0.2) is 0 Å². The zero-order valence-corrected chi connectivity index (χ0v) is 14.0. The van der Waals surface area contributed by atoms with Crippen LogP contribution in [0, 0.1) is 0 Å². The summed E-state index contributed by atoms with van der Waals surface area (Å²) in [6.45, 7) is 14.6. The van der Waals surface area contributed by atoms with Gasteiger partial charge in [0.2, 0.25) is 0 Å². The molecule has 0 bridgehead atoms. The van der Waals surface area contributed by atoms with Crippen molar-refractivity contribution >= 4 is 0 Å². The predicted molar refractivity (Wildman–Crippen MR) is 90.6 cm³/mol. The fourth-order valence-electron chi connectivity index (χ4n) is 2.97. The molecule has 0 aliphatic carbocycles. The number of piperazine rings is 1. The van der Waals surface area contributed by atoms with Crippen LogP contribution in [0.15, 0.2) is 24.3 Å². The molecule has 1 unspecified atom stereocenters. The monoisotopic (exact) mass is 289 g/mol. The van der Waals surface area contributed by atoms with Crippen LogP contribution in [0.25, 0.3) is 0 Å². The molecule has 2 N–H and O–H groups in total. The van der Waals surface area contributed by atoms with Crippen molar-refractivity contribution in [1.29, 1.82) is 0 Å². The molecule has 118 valence electrons. The summed E-state index contributed by atoms with van der Waals surface area (Å²) < 4.78 is 0. The van der Waals surface area contributed by atoms with Crippen molar-refractivity contribution in [3.05, 3.63) is 35.4 Å². The van der Waals surface area contributed by atoms with Gasteiger partial charge in [-0.15, -0.1) is 0 Å². The summed E-state index contributed by atoms with van der Waals surface area (Å²) in [5.41, 5.74) is 9.03. The maximum Gasteiger partial charge on any atom is 0.0424 e. The number of nitrogens with two attached hydrogens (primary N) is 1. The molecule has 0 saturated carbocycles. The van der Waals surface area contributed by atoms with E-state index in [1.165, 1.54) is 11.1 Å². The maximum absolute atomic E-state index is 6.39. The van der Waals surface area contributed by atoms with Crippen molar-refractivity contribution in [2.45, 2.75) is 45.7 Å². The van der Waals surface area contributed by atoms with E-state index >= 15 is 0 Å². The van der Waals surface area contributed by atoms with Crippen LogP contribution in [-0.2, 0) is 0 Å². The van der Waals surface area contributed by atoms with Crippen molar-refractivity contribution in [3.63, 3.8) is 0 Å². The van der Waals surface area contributed by atoms with Crippen molar-refractivity contribution in [3.8, 4) is 0 Å². The van der Waals surface area contributed by atoms with Crippen molar-refractivity contribution in [2.24, 2.45) is 5.73 Å². The van der Waals surface area contributed by atoms with Gasteiger partial charge in [-0.1, -0.05) is 38.1 Å². The Morgan fingerprint density at radius 3 is 1.90 bits per heavy atom. The van der Waals surface area contributed by atoms with Gasteiger partial charge in [0.05, 0.1) is 0 Å². The van der Waals surface area contributed by atoms with Gasteiger partial charge in [0, 0.05) is 44.8 Å². The molecular weight excluding hydrogens is 258 g/mol. The van der Waals surface area contributed by atoms with Crippen LogP contribution in [0.3, 0.4) is 0 Å². The van der Waals surface area contributed by atoms with E-state index in [4.69, 9.17) is 5.73 Å². The molecule has 3 heteroatoms. The Morgan fingerprint density at radius 2 is 1.43 bits per heavy atom. The summed E-state index contributed by atoms with van der Waals surface area (Å²) in [6, 6.07) is 9.61. The van der Waals surface area contributed by atoms with Crippen LogP contribution < -0.4 is 5.73 Å².